The van der Waals surface area contributed by atoms with Gasteiger partial charge in [-0.25, -0.2) is 9.40 Å². The monoisotopic (exact) mass is 426 g/mol. The molecule has 29 heavy (non-hydrogen) atoms. The normalized spacial score (nSPS) is 20.0. The molecule has 6 heteroatoms. The van der Waals surface area contributed by atoms with Gasteiger partial charge in [-0.15, -0.1) is 0 Å². The Labute approximate surface area is 178 Å². The van der Waals surface area contributed by atoms with Crippen LogP contribution in [0.2, 0.25) is 10.0 Å². The molecule has 3 aromatic carbocycles. The average Bonchev–Trinajstić information content (AvgIpc) is 3.14. The third-order valence-corrected chi connectivity index (χ3v) is 5.85. The maximum atomic E-state index is 13.5. The van der Waals surface area contributed by atoms with Crippen molar-refractivity contribution in [1.29, 1.82) is 0 Å². The third-order valence-electron chi connectivity index (χ3n) is 5.35. The molecular formula is C23H17Cl2FN2O. The van der Waals surface area contributed by atoms with Crippen LogP contribution in [-0.2, 0) is 0 Å². The second kappa shape index (κ2) is 7.05. The molecule has 2 heterocycles. The van der Waals surface area contributed by atoms with Crippen molar-refractivity contribution in [2.45, 2.75) is 25.6 Å². The van der Waals surface area contributed by atoms with Crippen molar-refractivity contribution in [2.24, 2.45) is 5.10 Å². The summed E-state index contributed by atoms with van der Waals surface area (Å²) in [6.45, 7) is 2.06. The molecule has 0 N–H and O–H groups in total. The van der Waals surface area contributed by atoms with Crippen LogP contribution in [0.4, 0.5) is 4.39 Å². The molecule has 3 nitrogen and oxygen atoms in total. The van der Waals surface area contributed by atoms with Gasteiger partial charge in [0.25, 0.3) is 0 Å². The van der Waals surface area contributed by atoms with Crippen LogP contribution in [0.1, 0.15) is 40.9 Å². The number of hydrazone groups is 1. The number of aryl methyl sites for hydroxylation is 1. The van der Waals surface area contributed by atoms with Gasteiger partial charge in [0.1, 0.15) is 11.6 Å². The molecule has 0 bridgehead atoms. The van der Waals surface area contributed by atoms with Gasteiger partial charge in [0, 0.05) is 22.6 Å². The van der Waals surface area contributed by atoms with Gasteiger partial charge in [-0.05, 0) is 36.8 Å². The molecule has 0 saturated carbocycles. The van der Waals surface area contributed by atoms with E-state index in [-0.39, 0.29) is 11.9 Å². The van der Waals surface area contributed by atoms with Crippen molar-refractivity contribution in [3.63, 3.8) is 0 Å². The molecule has 0 unspecified atom stereocenters. The number of fused-ring (bicyclic) bond motifs is 3. The SMILES string of the molecule is Cc1ccc(C2=NN3[C@H](C2)c2cc(Cl)cc(Cl)c2O[C@H]3c2ccc(F)cc2)cc1. The zero-order valence-electron chi connectivity index (χ0n) is 15.6. The fourth-order valence-corrected chi connectivity index (χ4v) is 4.44. The van der Waals surface area contributed by atoms with Crippen LogP contribution in [0.25, 0.3) is 0 Å². The Hall–Kier alpha value is -2.56. The number of ether oxygens (including phenoxy) is 1. The van der Waals surface area contributed by atoms with E-state index in [2.05, 4.69) is 31.2 Å². The molecule has 0 aromatic heterocycles. The van der Waals surface area contributed by atoms with E-state index in [9.17, 15) is 4.39 Å². The summed E-state index contributed by atoms with van der Waals surface area (Å²) in [4.78, 5) is 0. The highest BCUT2D eigenvalue weighted by Gasteiger charge is 2.42. The molecule has 0 aliphatic carbocycles. The summed E-state index contributed by atoms with van der Waals surface area (Å²) in [6, 6.07) is 18.1. The molecule has 3 aromatic rings. The number of rotatable bonds is 2. The van der Waals surface area contributed by atoms with Crippen molar-refractivity contribution in [1.82, 2.24) is 5.01 Å². The molecule has 146 valence electrons. The van der Waals surface area contributed by atoms with E-state index in [0.717, 1.165) is 22.4 Å². The Morgan fingerprint density at radius 1 is 1.03 bits per heavy atom. The van der Waals surface area contributed by atoms with E-state index in [1.54, 1.807) is 18.2 Å². The van der Waals surface area contributed by atoms with Gasteiger partial charge in [0.2, 0.25) is 6.23 Å². The lowest BCUT2D eigenvalue weighted by Gasteiger charge is -2.38. The van der Waals surface area contributed by atoms with E-state index in [4.69, 9.17) is 33.0 Å². The second-order valence-corrected chi connectivity index (χ2v) is 8.18. The first-order valence-electron chi connectivity index (χ1n) is 9.33. The summed E-state index contributed by atoms with van der Waals surface area (Å²) in [5.41, 5.74) is 4.95. The summed E-state index contributed by atoms with van der Waals surface area (Å²) in [5.74, 6) is 0.309. The van der Waals surface area contributed by atoms with E-state index in [1.165, 1.54) is 17.7 Å². The van der Waals surface area contributed by atoms with Crippen LogP contribution in [0.15, 0.2) is 65.8 Å². The molecule has 0 amide bonds. The molecular weight excluding hydrogens is 410 g/mol. The van der Waals surface area contributed by atoms with Crippen LogP contribution < -0.4 is 4.74 Å². The van der Waals surface area contributed by atoms with Gasteiger partial charge in [-0.3, -0.25) is 0 Å². The van der Waals surface area contributed by atoms with Crippen LogP contribution in [0.3, 0.4) is 0 Å². The Bertz CT molecular complexity index is 1110. The minimum absolute atomic E-state index is 0.0682. The number of halogens is 3. The Balaban J connectivity index is 1.62. The zero-order valence-corrected chi connectivity index (χ0v) is 17.1. The number of benzene rings is 3. The molecule has 2 atom stereocenters. The Morgan fingerprint density at radius 2 is 1.76 bits per heavy atom. The van der Waals surface area contributed by atoms with E-state index in [1.807, 2.05) is 11.1 Å². The fourth-order valence-electron chi connectivity index (χ4n) is 3.88. The topological polar surface area (TPSA) is 24.8 Å². The highest BCUT2D eigenvalue weighted by Crippen LogP contribution is 2.50. The summed E-state index contributed by atoms with van der Waals surface area (Å²) >= 11 is 12.7. The van der Waals surface area contributed by atoms with Crippen molar-refractivity contribution in [3.8, 4) is 5.75 Å². The van der Waals surface area contributed by atoms with Gasteiger partial charge < -0.3 is 4.74 Å². The summed E-state index contributed by atoms with van der Waals surface area (Å²) < 4.78 is 19.7. The maximum absolute atomic E-state index is 13.5. The van der Waals surface area contributed by atoms with Crippen molar-refractivity contribution >= 4 is 28.9 Å². The van der Waals surface area contributed by atoms with E-state index in [0.29, 0.717) is 22.2 Å². The van der Waals surface area contributed by atoms with Crippen molar-refractivity contribution < 1.29 is 9.13 Å². The predicted octanol–water partition coefficient (Wildman–Crippen LogP) is 6.68. The molecule has 0 saturated heterocycles. The second-order valence-electron chi connectivity index (χ2n) is 7.34. The highest BCUT2D eigenvalue weighted by molar-refractivity contribution is 6.35. The van der Waals surface area contributed by atoms with Gasteiger partial charge in [-0.2, -0.15) is 5.10 Å². The lowest BCUT2D eigenvalue weighted by molar-refractivity contribution is -0.0189. The summed E-state index contributed by atoms with van der Waals surface area (Å²) in [7, 11) is 0. The quantitative estimate of drug-likeness (QED) is 0.456. The molecule has 5 rings (SSSR count). The van der Waals surface area contributed by atoms with Crippen LogP contribution in [0.5, 0.6) is 5.75 Å². The van der Waals surface area contributed by atoms with Gasteiger partial charge in [-0.1, -0.05) is 65.2 Å². The minimum Gasteiger partial charge on any atom is -0.463 e. The van der Waals surface area contributed by atoms with Crippen LogP contribution in [-0.4, -0.2) is 10.7 Å². The lowest BCUT2D eigenvalue weighted by atomic mass is 9.95. The first-order chi connectivity index (χ1) is 14.0. The van der Waals surface area contributed by atoms with E-state index >= 15 is 0 Å². The average molecular weight is 427 g/mol. The first-order valence-corrected chi connectivity index (χ1v) is 10.1. The number of hydrogen-bond donors (Lipinski definition) is 0. The van der Waals surface area contributed by atoms with Gasteiger partial charge in [0.05, 0.1) is 16.8 Å². The van der Waals surface area contributed by atoms with Crippen LogP contribution >= 0.6 is 23.2 Å². The molecule has 2 aliphatic heterocycles. The Morgan fingerprint density at radius 3 is 2.48 bits per heavy atom. The van der Waals surface area contributed by atoms with Crippen molar-refractivity contribution in [2.75, 3.05) is 0 Å². The number of hydrogen-bond acceptors (Lipinski definition) is 3. The Kier molecular flexibility index (Phi) is 4.49. The lowest BCUT2D eigenvalue weighted by Crippen LogP contribution is -2.33. The number of nitrogens with zero attached hydrogens (tertiary/aromatic N) is 2. The minimum atomic E-state index is -0.505. The molecule has 2 aliphatic rings. The molecule has 0 spiro atoms. The predicted molar refractivity (Wildman–Crippen MR) is 113 cm³/mol. The summed E-state index contributed by atoms with van der Waals surface area (Å²) in [6.07, 6.45) is 0.197. The molecule has 0 radical (unpaired) electrons. The largest absolute Gasteiger partial charge is 0.463 e. The standard InChI is InChI=1S/C23H17Cl2FN2O/c1-13-2-4-14(5-3-13)20-12-21-18-10-16(24)11-19(25)22(18)29-23(28(21)27-20)15-6-8-17(26)9-7-15/h2-11,21,23H,12H2,1H3/t21-,23+/m1/s1. The summed E-state index contributed by atoms with van der Waals surface area (Å²) in [5, 5.41) is 7.84. The first kappa shape index (κ1) is 18.5. The van der Waals surface area contributed by atoms with Gasteiger partial charge >= 0.3 is 0 Å². The van der Waals surface area contributed by atoms with Crippen LogP contribution in [0, 0.1) is 12.7 Å². The van der Waals surface area contributed by atoms with Gasteiger partial charge in [0.15, 0.2) is 0 Å². The van der Waals surface area contributed by atoms with E-state index < -0.39 is 6.23 Å². The highest BCUT2D eigenvalue weighted by atomic mass is 35.5. The smallest absolute Gasteiger partial charge is 0.213 e. The maximum Gasteiger partial charge on any atom is 0.213 e. The zero-order chi connectivity index (χ0) is 20.1. The van der Waals surface area contributed by atoms with Crippen molar-refractivity contribution in [3.05, 3.63) is 98.8 Å². The third kappa shape index (κ3) is 3.26. The molecule has 0 fully saturated rings. The fraction of sp³-hybridized carbons (Fsp3) is 0.174.